The lowest BCUT2D eigenvalue weighted by molar-refractivity contribution is 0.103. The maximum atomic E-state index is 11.2. The number of phenols is 1. The molecule has 2 heterocycles. The Kier molecular flexibility index (Phi) is 4.61. The molecule has 0 bridgehead atoms. The van der Waals surface area contributed by atoms with E-state index in [1.807, 2.05) is 30.3 Å². The van der Waals surface area contributed by atoms with Crippen LogP contribution in [0.5, 0.6) is 11.5 Å². The van der Waals surface area contributed by atoms with Crippen molar-refractivity contribution in [3.8, 4) is 22.6 Å². The van der Waals surface area contributed by atoms with E-state index in [-0.39, 0.29) is 17.9 Å². The minimum atomic E-state index is -0.373. The number of cyclic esters (lactones) is 1. The molecule has 2 aromatic carbocycles. The van der Waals surface area contributed by atoms with Gasteiger partial charge in [0.1, 0.15) is 12.7 Å². The molecule has 7 heteroatoms. The van der Waals surface area contributed by atoms with Crippen LogP contribution in [-0.2, 0) is 11.3 Å². The first-order valence-electron chi connectivity index (χ1n) is 8.50. The minimum absolute atomic E-state index is 0.119. The van der Waals surface area contributed by atoms with E-state index in [0.29, 0.717) is 43.6 Å². The Morgan fingerprint density at radius 2 is 2.15 bits per heavy atom. The lowest BCUT2D eigenvalue weighted by Crippen LogP contribution is -2.35. The Morgan fingerprint density at radius 1 is 1.27 bits per heavy atom. The predicted molar refractivity (Wildman–Crippen MR) is 97.6 cm³/mol. The van der Waals surface area contributed by atoms with Crippen LogP contribution in [0.2, 0.25) is 5.02 Å². The SMILES string of the molecule is O=C1NC[C@H](CN2CCOc3c(O)cc(-c4cccc(Cl)c4)cc3C2)O1. The molecular formula is C19H19ClN2O4. The van der Waals surface area contributed by atoms with E-state index in [1.54, 1.807) is 6.07 Å². The van der Waals surface area contributed by atoms with Gasteiger partial charge >= 0.3 is 6.09 Å². The lowest BCUT2D eigenvalue weighted by Gasteiger charge is -2.22. The molecule has 0 saturated carbocycles. The third-order valence-corrected chi connectivity index (χ3v) is 4.80. The normalized spacial score (nSPS) is 19.9. The molecule has 1 fully saturated rings. The van der Waals surface area contributed by atoms with E-state index in [2.05, 4.69) is 10.2 Å². The molecule has 2 N–H and O–H groups in total. The standard InChI is InChI=1S/C19H19ClN2O4/c20-15-3-1-2-12(7-15)13-6-14-10-22(11-16-9-21-19(24)26-16)4-5-25-18(14)17(23)8-13/h1-3,6-8,16,23H,4-5,9-11H2,(H,21,24)/t16-/m1/s1. The van der Waals surface area contributed by atoms with Crippen molar-refractivity contribution < 1.29 is 19.4 Å². The highest BCUT2D eigenvalue weighted by atomic mass is 35.5. The Labute approximate surface area is 156 Å². The molecular weight excluding hydrogens is 356 g/mol. The Hall–Kier alpha value is -2.44. The number of phenolic OH excluding ortho intramolecular Hbond substituents is 1. The molecule has 4 rings (SSSR count). The van der Waals surface area contributed by atoms with Gasteiger partial charge in [-0.1, -0.05) is 23.7 Å². The minimum Gasteiger partial charge on any atom is -0.504 e. The Bertz CT molecular complexity index is 842. The van der Waals surface area contributed by atoms with Crippen LogP contribution >= 0.6 is 11.6 Å². The van der Waals surface area contributed by atoms with Gasteiger partial charge in [-0.15, -0.1) is 0 Å². The number of carbonyl (C=O) groups excluding carboxylic acids is 1. The van der Waals surface area contributed by atoms with Crippen molar-refractivity contribution >= 4 is 17.7 Å². The van der Waals surface area contributed by atoms with Crippen molar-refractivity contribution in [2.45, 2.75) is 12.6 Å². The van der Waals surface area contributed by atoms with E-state index in [0.717, 1.165) is 16.7 Å². The highest BCUT2D eigenvalue weighted by molar-refractivity contribution is 6.30. The van der Waals surface area contributed by atoms with Crippen LogP contribution in [-0.4, -0.2) is 48.4 Å². The fraction of sp³-hybridized carbons (Fsp3) is 0.316. The molecule has 0 spiro atoms. The summed E-state index contributed by atoms with van der Waals surface area (Å²) < 4.78 is 11.0. The van der Waals surface area contributed by atoms with Crippen molar-refractivity contribution in [2.75, 3.05) is 26.2 Å². The number of aromatic hydroxyl groups is 1. The Balaban J connectivity index is 1.60. The van der Waals surface area contributed by atoms with Crippen molar-refractivity contribution in [1.29, 1.82) is 0 Å². The zero-order valence-electron chi connectivity index (χ0n) is 14.1. The quantitative estimate of drug-likeness (QED) is 0.864. The van der Waals surface area contributed by atoms with Crippen LogP contribution in [0.3, 0.4) is 0 Å². The number of hydrogen-bond acceptors (Lipinski definition) is 5. The summed E-state index contributed by atoms with van der Waals surface area (Å²) in [4.78, 5) is 13.4. The van der Waals surface area contributed by atoms with Gasteiger partial charge in [0.05, 0.1) is 6.54 Å². The highest BCUT2D eigenvalue weighted by Gasteiger charge is 2.27. The molecule has 0 aliphatic carbocycles. The van der Waals surface area contributed by atoms with Crippen LogP contribution in [0.15, 0.2) is 36.4 Å². The molecule has 136 valence electrons. The third kappa shape index (κ3) is 3.57. The van der Waals surface area contributed by atoms with Crippen molar-refractivity contribution in [3.63, 3.8) is 0 Å². The van der Waals surface area contributed by atoms with Crippen LogP contribution in [0.25, 0.3) is 11.1 Å². The fourth-order valence-electron chi connectivity index (χ4n) is 3.37. The maximum absolute atomic E-state index is 11.2. The van der Waals surface area contributed by atoms with Crippen LogP contribution < -0.4 is 10.1 Å². The molecule has 0 aromatic heterocycles. The second-order valence-corrected chi connectivity index (χ2v) is 6.92. The van der Waals surface area contributed by atoms with Gasteiger partial charge in [-0.3, -0.25) is 4.90 Å². The van der Waals surface area contributed by atoms with Crippen LogP contribution in [0.4, 0.5) is 4.79 Å². The average molecular weight is 375 g/mol. The van der Waals surface area contributed by atoms with Gasteiger partial charge in [-0.05, 0) is 35.4 Å². The van der Waals surface area contributed by atoms with Crippen molar-refractivity contribution in [3.05, 3.63) is 47.0 Å². The summed E-state index contributed by atoms with van der Waals surface area (Å²) in [5.74, 6) is 0.633. The number of hydrogen-bond donors (Lipinski definition) is 2. The van der Waals surface area contributed by atoms with Gasteiger partial charge < -0.3 is 19.9 Å². The lowest BCUT2D eigenvalue weighted by atomic mass is 10.0. The second kappa shape index (κ2) is 7.05. The maximum Gasteiger partial charge on any atom is 0.407 e. The van der Waals surface area contributed by atoms with E-state index >= 15 is 0 Å². The molecule has 0 unspecified atom stereocenters. The summed E-state index contributed by atoms with van der Waals surface area (Å²) >= 11 is 6.09. The number of ether oxygens (including phenoxy) is 2. The number of fused-ring (bicyclic) bond motifs is 1. The van der Waals surface area contributed by atoms with Gasteiger partial charge in [0.25, 0.3) is 0 Å². The van der Waals surface area contributed by atoms with E-state index in [9.17, 15) is 9.90 Å². The van der Waals surface area contributed by atoms with E-state index in [4.69, 9.17) is 21.1 Å². The molecule has 26 heavy (non-hydrogen) atoms. The first-order valence-corrected chi connectivity index (χ1v) is 8.88. The molecule has 1 amide bonds. The second-order valence-electron chi connectivity index (χ2n) is 6.49. The van der Waals surface area contributed by atoms with Crippen molar-refractivity contribution in [2.24, 2.45) is 0 Å². The topological polar surface area (TPSA) is 71.0 Å². The molecule has 1 saturated heterocycles. The summed E-state index contributed by atoms with van der Waals surface area (Å²) in [6, 6.07) is 11.2. The first-order chi connectivity index (χ1) is 12.6. The molecule has 2 aliphatic rings. The summed E-state index contributed by atoms with van der Waals surface area (Å²) in [6.45, 7) is 2.88. The van der Waals surface area contributed by atoms with Gasteiger partial charge in [0.15, 0.2) is 11.5 Å². The number of nitrogens with zero attached hydrogens (tertiary/aromatic N) is 1. The number of halogens is 1. The van der Waals surface area contributed by atoms with Gasteiger partial charge in [0, 0.05) is 30.2 Å². The van der Waals surface area contributed by atoms with Gasteiger partial charge in [0.2, 0.25) is 0 Å². The average Bonchev–Trinajstić information content (AvgIpc) is 2.89. The third-order valence-electron chi connectivity index (χ3n) is 4.56. The van der Waals surface area contributed by atoms with Crippen molar-refractivity contribution in [1.82, 2.24) is 10.2 Å². The largest absolute Gasteiger partial charge is 0.504 e. The van der Waals surface area contributed by atoms with E-state index < -0.39 is 0 Å². The highest BCUT2D eigenvalue weighted by Crippen LogP contribution is 2.38. The summed E-state index contributed by atoms with van der Waals surface area (Å²) in [5.41, 5.74) is 2.71. The summed E-state index contributed by atoms with van der Waals surface area (Å²) in [7, 11) is 0. The number of alkyl carbamates (subject to hydrolysis) is 1. The zero-order valence-corrected chi connectivity index (χ0v) is 14.8. The fourth-order valence-corrected chi connectivity index (χ4v) is 3.56. The van der Waals surface area contributed by atoms with Gasteiger partial charge in [-0.25, -0.2) is 4.79 Å². The molecule has 6 nitrogen and oxygen atoms in total. The van der Waals surface area contributed by atoms with E-state index in [1.165, 1.54) is 0 Å². The van der Waals surface area contributed by atoms with Gasteiger partial charge in [-0.2, -0.15) is 0 Å². The monoisotopic (exact) mass is 374 g/mol. The molecule has 0 radical (unpaired) electrons. The molecule has 2 aromatic rings. The number of rotatable bonds is 3. The smallest absolute Gasteiger partial charge is 0.407 e. The molecule has 2 aliphatic heterocycles. The van der Waals surface area contributed by atoms with Crippen LogP contribution in [0, 0.1) is 0 Å². The zero-order chi connectivity index (χ0) is 18.1. The number of nitrogens with one attached hydrogen (secondary N) is 1. The summed E-state index contributed by atoms with van der Waals surface area (Å²) in [6.07, 6.45) is -0.545. The summed E-state index contributed by atoms with van der Waals surface area (Å²) in [5, 5.41) is 13.8. The first kappa shape index (κ1) is 17.0. The predicted octanol–water partition coefficient (Wildman–Crippen LogP) is 3.02. The number of amides is 1. The number of benzene rings is 2. The Morgan fingerprint density at radius 3 is 2.92 bits per heavy atom. The molecule has 1 atom stereocenters. The van der Waals surface area contributed by atoms with Crippen LogP contribution in [0.1, 0.15) is 5.56 Å². The number of carbonyl (C=O) groups is 1.